The van der Waals surface area contributed by atoms with Crippen molar-refractivity contribution in [2.45, 2.75) is 0 Å². The lowest BCUT2D eigenvalue weighted by Gasteiger charge is -2.06. The number of anilines is 1. The van der Waals surface area contributed by atoms with Crippen LogP contribution in [0.3, 0.4) is 0 Å². The molecule has 0 bridgehead atoms. The van der Waals surface area contributed by atoms with E-state index in [1.807, 2.05) is 0 Å². The summed E-state index contributed by atoms with van der Waals surface area (Å²) < 4.78 is 1.58. The van der Waals surface area contributed by atoms with Gasteiger partial charge in [0.05, 0.1) is 0 Å². The van der Waals surface area contributed by atoms with E-state index in [4.69, 9.17) is 11.6 Å². The summed E-state index contributed by atoms with van der Waals surface area (Å²) in [6.45, 7) is 0. The number of amides is 1. The summed E-state index contributed by atoms with van der Waals surface area (Å²) in [6.07, 6.45) is 4.77. The van der Waals surface area contributed by atoms with Gasteiger partial charge in [0, 0.05) is 29.0 Å². The number of hydrogen-bond donors (Lipinski definition) is 1. The molecule has 0 atom stereocenters. The van der Waals surface area contributed by atoms with Crippen LogP contribution in [-0.4, -0.2) is 25.7 Å². The van der Waals surface area contributed by atoms with Gasteiger partial charge in [0.1, 0.15) is 12.1 Å². The zero-order valence-electron chi connectivity index (χ0n) is 10.8. The van der Waals surface area contributed by atoms with E-state index in [-0.39, 0.29) is 5.91 Å². The number of rotatable bonds is 3. The number of nitrogens with zero attached hydrogens (tertiary/aromatic N) is 4. The van der Waals surface area contributed by atoms with Crippen molar-refractivity contribution in [2.24, 2.45) is 0 Å². The maximum absolute atomic E-state index is 12.1. The molecule has 0 fully saturated rings. The summed E-state index contributed by atoms with van der Waals surface area (Å²) in [7, 11) is 0. The highest BCUT2D eigenvalue weighted by Gasteiger charge is 2.08. The quantitative estimate of drug-likeness (QED) is 0.806. The number of carbonyl (C=O) groups is 1. The lowest BCUT2D eigenvalue weighted by Crippen LogP contribution is -2.13. The minimum absolute atomic E-state index is 0.267. The molecule has 7 heteroatoms. The van der Waals surface area contributed by atoms with Gasteiger partial charge in [0.25, 0.3) is 5.91 Å². The Morgan fingerprint density at radius 3 is 2.71 bits per heavy atom. The van der Waals surface area contributed by atoms with Crippen LogP contribution >= 0.6 is 11.6 Å². The number of halogens is 1. The smallest absolute Gasteiger partial charge is 0.256 e. The van der Waals surface area contributed by atoms with Gasteiger partial charge in [-0.2, -0.15) is 5.10 Å². The first-order valence-electron chi connectivity index (χ1n) is 6.11. The normalized spacial score (nSPS) is 10.3. The minimum Gasteiger partial charge on any atom is -0.306 e. The van der Waals surface area contributed by atoms with E-state index in [1.54, 1.807) is 53.5 Å². The highest BCUT2D eigenvalue weighted by molar-refractivity contribution is 6.30. The average molecular weight is 300 g/mol. The first-order chi connectivity index (χ1) is 10.2. The third-order valence-corrected chi connectivity index (χ3v) is 2.99. The highest BCUT2D eigenvalue weighted by atomic mass is 35.5. The Morgan fingerprint density at radius 1 is 1.19 bits per heavy atom. The van der Waals surface area contributed by atoms with Crippen molar-refractivity contribution >= 4 is 23.3 Å². The molecule has 104 valence electrons. The fraction of sp³-hybridized carbons (Fsp3) is 0. The van der Waals surface area contributed by atoms with Crippen LogP contribution in [0.1, 0.15) is 10.4 Å². The molecule has 0 saturated heterocycles. The molecule has 0 spiro atoms. The summed E-state index contributed by atoms with van der Waals surface area (Å²) in [4.78, 5) is 20.2. The molecule has 2 aromatic heterocycles. The van der Waals surface area contributed by atoms with Crippen molar-refractivity contribution in [3.8, 4) is 5.82 Å². The van der Waals surface area contributed by atoms with Gasteiger partial charge in [-0.05, 0) is 30.3 Å². The second-order valence-corrected chi connectivity index (χ2v) is 4.61. The molecule has 0 aliphatic heterocycles. The van der Waals surface area contributed by atoms with Gasteiger partial charge in [-0.1, -0.05) is 11.6 Å². The molecule has 6 nitrogen and oxygen atoms in total. The summed E-state index contributed by atoms with van der Waals surface area (Å²) in [5.74, 6) is 0.702. The third kappa shape index (κ3) is 3.06. The van der Waals surface area contributed by atoms with Crippen molar-refractivity contribution in [1.82, 2.24) is 19.7 Å². The Hall–Kier alpha value is -2.73. The van der Waals surface area contributed by atoms with Gasteiger partial charge >= 0.3 is 0 Å². The zero-order chi connectivity index (χ0) is 14.7. The maximum atomic E-state index is 12.1. The standard InChI is InChI=1S/C14H10ClN5O/c15-11-4-2-10(3-5-11)14(21)19-12-8-13(17-9-16-12)20-7-1-6-18-20/h1-9H,(H,16,17,19,21). The molecule has 0 unspecified atom stereocenters. The molecule has 0 radical (unpaired) electrons. The minimum atomic E-state index is -0.267. The fourth-order valence-electron chi connectivity index (χ4n) is 1.73. The topological polar surface area (TPSA) is 72.7 Å². The van der Waals surface area contributed by atoms with Crippen molar-refractivity contribution in [2.75, 3.05) is 5.32 Å². The molecule has 1 N–H and O–H groups in total. The predicted molar refractivity (Wildman–Crippen MR) is 78.6 cm³/mol. The fourth-order valence-corrected chi connectivity index (χ4v) is 1.86. The summed E-state index contributed by atoms with van der Waals surface area (Å²) in [6, 6.07) is 10.0. The number of benzene rings is 1. The number of carbonyl (C=O) groups excluding carboxylic acids is 1. The monoisotopic (exact) mass is 299 g/mol. The van der Waals surface area contributed by atoms with E-state index >= 15 is 0 Å². The third-order valence-electron chi connectivity index (χ3n) is 2.74. The number of nitrogens with one attached hydrogen (secondary N) is 1. The molecule has 21 heavy (non-hydrogen) atoms. The largest absolute Gasteiger partial charge is 0.306 e. The van der Waals surface area contributed by atoms with Crippen LogP contribution in [0.25, 0.3) is 5.82 Å². The molecule has 1 amide bonds. The van der Waals surface area contributed by atoms with Crippen LogP contribution in [-0.2, 0) is 0 Å². The van der Waals surface area contributed by atoms with Gasteiger partial charge in [-0.3, -0.25) is 4.79 Å². The Morgan fingerprint density at radius 2 is 2.00 bits per heavy atom. The van der Waals surface area contributed by atoms with Crippen LogP contribution < -0.4 is 5.32 Å². The lowest BCUT2D eigenvalue weighted by atomic mass is 10.2. The first kappa shape index (κ1) is 13.3. The summed E-state index contributed by atoms with van der Waals surface area (Å²) >= 11 is 5.79. The Labute approximate surface area is 125 Å². The number of hydrogen-bond acceptors (Lipinski definition) is 4. The molecular formula is C14H10ClN5O. The molecule has 0 aliphatic carbocycles. The second kappa shape index (κ2) is 5.72. The summed E-state index contributed by atoms with van der Waals surface area (Å²) in [5, 5.41) is 7.36. The van der Waals surface area contributed by atoms with Crippen LogP contribution in [0, 0.1) is 0 Å². The van der Waals surface area contributed by atoms with Crippen LogP contribution in [0.15, 0.2) is 55.1 Å². The Balaban J connectivity index is 1.80. The lowest BCUT2D eigenvalue weighted by molar-refractivity contribution is 0.102. The Kier molecular flexibility index (Phi) is 3.61. The molecule has 1 aromatic carbocycles. The highest BCUT2D eigenvalue weighted by Crippen LogP contribution is 2.12. The van der Waals surface area contributed by atoms with Crippen LogP contribution in [0.2, 0.25) is 5.02 Å². The molecule has 3 rings (SSSR count). The molecule has 3 aromatic rings. The molecular weight excluding hydrogens is 290 g/mol. The molecule has 2 heterocycles. The van der Waals surface area contributed by atoms with E-state index in [0.29, 0.717) is 22.2 Å². The van der Waals surface area contributed by atoms with E-state index in [0.717, 1.165) is 0 Å². The molecule has 0 aliphatic rings. The number of aromatic nitrogens is 4. The van der Waals surface area contributed by atoms with Crippen molar-refractivity contribution in [1.29, 1.82) is 0 Å². The van der Waals surface area contributed by atoms with Gasteiger partial charge in [-0.15, -0.1) is 0 Å². The van der Waals surface area contributed by atoms with Gasteiger partial charge < -0.3 is 5.32 Å². The van der Waals surface area contributed by atoms with Crippen molar-refractivity contribution in [3.05, 3.63) is 65.7 Å². The maximum Gasteiger partial charge on any atom is 0.256 e. The van der Waals surface area contributed by atoms with E-state index in [1.165, 1.54) is 6.33 Å². The van der Waals surface area contributed by atoms with Crippen LogP contribution in [0.4, 0.5) is 5.82 Å². The van der Waals surface area contributed by atoms with E-state index < -0.39 is 0 Å². The average Bonchev–Trinajstić information content (AvgIpc) is 3.02. The molecule has 0 saturated carbocycles. The van der Waals surface area contributed by atoms with Crippen molar-refractivity contribution in [3.63, 3.8) is 0 Å². The Bertz CT molecular complexity index is 755. The van der Waals surface area contributed by atoms with E-state index in [9.17, 15) is 4.79 Å². The van der Waals surface area contributed by atoms with Gasteiger partial charge in [0.2, 0.25) is 0 Å². The van der Waals surface area contributed by atoms with E-state index in [2.05, 4.69) is 20.4 Å². The van der Waals surface area contributed by atoms with Gasteiger partial charge in [0.15, 0.2) is 5.82 Å². The SMILES string of the molecule is O=C(Nc1cc(-n2cccn2)ncn1)c1ccc(Cl)cc1. The van der Waals surface area contributed by atoms with Crippen molar-refractivity contribution < 1.29 is 4.79 Å². The first-order valence-corrected chi connectivity index (χ1v) is 6.49. The zero-order valence-corrected chi connectivity index (χ0v) is 11.5. The summed E-state index contributed by atoms with van der Waals surface area (Å²) in [5.41, 5.74) is 0.499. The van der Waals surface area contributed by atoms with Crippen LogP contribution in [0.5, 0.6) is 0 Å². The van der Waals surface area contributed by atoms with Gasteiger partial charge in [-0.25, -0.2) is 14.6 Å². The predicted octanol–water partition coefficient (Wildman–Crippen LogP) is 2.57. The second-order valence-electron chi connectivity index (χ2n) is 4.17.